The van der Waals surface area contributed by atoms with E-state index in [9.17, 15) is 0 Å². The maximum Gasteiger partial charge on any atom is 0.156 e. The van der Waals surface area contributed by atoms with Gasteiger partial charge in [-0.2, -0.15) is 0 Å². The zero-order valence-corrected chi connectivity index (χ0v) is 16.8. The van der Waals surface area contributed by atoms with Crippen LogP contribution in [0.15, 0.2) is 6.07 Å². The SMILES string of the molecule is COCc1nc(C)cc(N2CCC(CCN3CC(C)OC(C)C3)CC2)n1. The van der Waals surface area contributed by atoms with Crippen molar-refractivity contribution in [1.29, 1.82) is 0 Å². The van der Waals surface area contributed by atoms with Crippen LogP contribution in [0.4, 0.5) is 5.82 Å². The Balaban J connectivity index is 1.47. The lowest BCUT2D eigenvalue weighted by atomic mass is 9.93. The second kappa shape index (κ2) is 9.11. The number of methoxy groups -OCH3 is 1. The predicted octanol–water partition coefficient (Wildman–Crippen LogP) is 2.65. The van der Waals surface area contributed by atoms with E-state index in [1.165, 1.54) is 25.8 Å². The first-order chi connectivity index (χ1) is 12.5. The largest absolute Gasteiger partial charge is 0.377 e. The van der Waals surface area contributed by atoms with Crippen LogP contribution in [0.25, 0.3) is 0 Å². The summed E-state index contributed by atoms with van der Waals surface area (Å²) >= 11 is 0. The van der Waals surface area contributed by atoms with Gasteiger partial charge in [0.2, 0.25) is 0 Å². The molecule has 2 unspecified atom stereocenters. The Morgan fingerprint density at radius 2 is 1.85 bits per heavy atom. The van der Waals surface area contributed by atoms with E-state index in [4.69, 9.17) is 9.47 Å². The highest BCUT2D eigenvalue weighted by Crippen LogP contribution is 2.25. The number of morpholine rings is 1. The molecule has 0 radical (unpaired) electrons. The molecule has 2 saturated heterocycles. The first-order valence-corrected chi connectivity index (χ1v) is 9.99. The molecule has 0 aromatic carbocycles. The molecular formula is C20H34N4O2. The second-order valence-electron chi connectivity index (χ2n) is 7.95. The Bertz CT molecular complexity index is 565. The topological polar surface area (TPSA) is 50.7 Å². The first-order valence-electron chi connectivity index (χ1n) is 9.99. The minimum atomic E-state index is 0.364. The molecule has 0 saturated carbocycles. The molecule has 2 fully saturated rings. The van der Waals surface area contributed by atoms with E-state index in [2.05, 4.69) is 39.7 Å². The highest BCUT2D eigenvalue weighted by atomic mass is 16.5. The number of ether oxygens (including phenoxy) is 2. The number of nitrogens with zero attached hydrogens (tertiary/aromatic N) is 4. The summed E-state index contributed by atoms with van der Waals surface area (Å²) in [6, 6.07) is 2.09. The van der Waals surface area contributed by atoms with Gasteiger partial charge in [-0.1, -0.05) is 0 Å². The quantitative estimate of drug-likeness (QED) is 0.775. The molecule has 6 heteroatoms. The molecule has 6 nitrogen and oxygen atoms in total. The third-order valence-corrected chi connectivity index (χ3v) is 5.45. The summed E-state index contributed by atoms with van der Waals surface area (Å²) in [5.41, 5.74) is 1.01. The smallest absolute Gasteiger partial charge is 0.156 e. The van der Waals surface area contributed by atoms with Crippen molar-refractivity contribution in [2.75, 3.05) is 44.7 Å². The van der Waals surface area contributed by atoms with Crippen molar-refractivity contribution in [2.45, 2.75) is 58.8 Å². The van der Waals surface area contributed by atoms with Crippen molar-refractivity contribution >= 4 is 5.82 Å². The average Bonchev–Trinajstić information content (AvgIpc) is 2.59. The van der Waals surface area contributed by atoms with Crippen LogP contribution in [0.2, 0.25) is 0 Å². The van der Waals surface area contributed by atoms with Gasteiger partial charge in [0.05, 0.1) is 12.2 Å². The molecule has 0 amide bonds. The maximum atomic E-state index is 5.84. The zero-order valence-electron chi connectivity index (χ0n) is 16.8. The molecule has 146 valence electrons. The molecule has 0 spiro atoms. The summed E-state index contributed by atoms with van der Waals surface area (Å²) in [5, 5.41) is 0. The molecule has 26 heavy (non-hydrogen) atoms. The summed E-state index contributed by atoms with van der Waals surface area (Å²) in [7, 11) is 1.69. The van der Waals surface area contributed by atoms with Gasteiger partial charge in [0.15, 0.2) is 5.82 Å². The Hall–Kier alpha value is -1.24. The number of rotatable bonds is 6. The Morgan fingerprint density at radius 3 is 2.50 bits per heavy atom. The molecule has 3 rings (SSSR count). The third-order valence-electron chi connectivity index (χ3n) is 5.45. The van der Waals surface area contributed by atoms with Crippen LogP contribution >= 0.6 is 0 Å². The van der Waals surface area contributed by atoms with Gasteiger partial charge < -0.3 is 14.4 Å². The van der Waals surface area contributed by atoms with Crippen molar-refractivity contribution in [3.05, 3.63) is 17.6 Å². The molecule has 2 atom stereocenters. The Morgan fingerprint density at radius 1 is 1.15 bits per heavy atom. The van der Waals surface area contributed by atoms with Crippen molar-refractivity contribution < 1.29 is 9.47 Å². The molecule has 3 heterocycles. The maximum absolute atomic E-state index is 5.84. The van der Waals surface area contributed by atoms with Crippen LogP contribution < -0.4 is 4.90 Å². The van der Waals surface area contributed by atoms with E-state index in [1.54, 1.807) is 7.11 Å². The minimum absolute atomic E-state index is 0.364. The molecule has 0 bridgehead atoms. The standard InChI is InChI=1S/C20H34N4O2/c1-15-11-20(22-19(21-15)14-25-4)24-9-6-18(7-10-24)5-8-23-12-16(2)26-17(3)13-23/h11,16-18H,5-10,12-14H2,1-4H3. The second-order valence-corrected chi connectivity index (χ2v) is 7.95. The van der Waals surface area contributed by atoms with Crippen LogP contribution in [0, 0.1) is 12.8 Å². The molecule has 1 aromatic heterocycles. The minimum Gasteiger partial charge on any atom is -0.377 e. The summed E-state index contributed by atoms with van der Waals surface area (Å²) in [4.78, 5) is 14.1. The molecule has 2 aliphatic rings. The Kier molecular flexibility index (Phi) is 6.84. The fraction of sp³-hybridized carbons (Fsp3) is 0.800. The van der Waals surface area contributed by atoms with Crippen molar-refractivity contribution in [3.63, 3.8) is 0 Å². The summed E-state index contributed by atoms with van der Waals surface area (Å²) in [5.74, 6) is 2.65. The zero-order chi connectivity index (χ0) is 18.5. The highest BCUT2D eigenvalue weighted by molar-refractivity contribution is 5.40. The fourth-order valence-corrected chi connectivity index (χ4v) is 4.25. The van der Waals surface area contributed by atoms with Crippen molar-refractivity contribution in [2.24, 2.45) is 5.92 Å². The van der Waals surface area contributed by atoms with Crippen molar-refractivity contribution in [1.82, 2.24) is 14.9 Å². The van der Waals surface area contributed by atoms with Gasteiger partial charge in [-0.25, -0.2) is 9.97 Å². The predicted molar refractivity (Wildman–Crippen MR) is 103 cm³/mol. The monoisotopic (exact) mass is 362 g/mol. The van der Waals surface area contributed by atoms with Crippen LogP contribution in [0.5, 0.6) is 0 Å². The fourth-order valence-electron chi connectivity index (χ4n) is 4.25. The number of aromatic nitrogens is 2. The van der Waals surface area contributed by atoms with Gasteiger partial charge in [-0.3, -0.25) is 4.90 Å². The van der Waals surface area contributed by atoms with Crippen molar-refractivity contribution in [3.8, 4) is 0 Å². The molecule has 0 aliphatic carbocycles. The number of hydrogen-bond acceptors (Lipinski definition) is 6. The summed E-state index contributed by atoms with van der Waals surface area (Å²) in [6.07, 6.45) is 4.52. The lowest BCUT2D eigenvalue weighted by molar-refractivity contribution is -0.0690. The summed E-state index contributed by atoms with van der Waals surface area (Å²) < 4.78 is 11.0. The van der Waals surface area contributed by atoms with E-state index >= 15 is 0 Å². The number of hydrogen-bond donors (Lipinski definition) is 0. The molecule has 2 aliphatic heterocycles. The number of aryl methyl sites for hydroxylation is 1. The van der Waals surface area contributed by atoms with Gasteiger partial charge in [-0.15, -0.1) is 0 Å². The highest BCUT2D eigenvalue weighted by Gasteiger charge is 2.25. The van der Waals surface area contributed by atoms with Crippen LogP contribution in [-0.2, 0) is 16.1 Å². The lowest BCUT2D eigenvalue weighted by Crippen LogP contribution is -2.46. The van der Waals surface area contributed by atoms with Gasteiger partial charge in [0.1, 0.15) is 12.4 Å². The van der Waals surface area contributed by atoms with E-state index in [1.807, 2.05) is 6.92 Å². The lowest BCUT2D eigenvalue weighted by Gasteiger charge is -2.37. The van der Waals surface area contributed by atoms with E-state index < -0.39 is 0 Å². The van der Waals surface area contributed by atoms with Gasteiger partial charge >= 0.3 is 0 Å². The van der Waals surface area contributed by atoms with Gasteiger partial charge in [-0.05, 0) is 52.5 Å². The normalized spacial score (nSPS) is 25.6. The molecular weight excluding hydrogens is 328 g/mol. The van der Waals surface area contributed by atoms with Gasteiger partial charge in [0.25, 0.3) is 0 Å². The van der Waals surface area contributed by atoms with E-state index in [0.29, 0.717) is 18.8 Å². The van der Waals surface area contributed by atoms with E-state index in [-0.39, 0.29) is 0 Å². The molecule has 0 N–H and O–H groups in total. The summed E-state index contributed by atoms with van der Waals surface area (Å²) in [6.45, 7) is 12.4. The number of piperidine rings is 1. The first kappa shape index (κ1) is 19.5. The third kappa shape index (κ3) is 5.38. The number of anilines is 1. The van der Waals surface area contributed by atoms with Crippen LogP contribution in [-0.4, -0.2) is 66.9 Å². The Labute approximate surface area is 157 Å². The van der Waals surface area contributed by atoms with Crippen LogP contribution in [0.1, 0.15) is 44.6 Å². The average molecular weight is 363 g/mol. The van der Waals surface area contributed by atoms with Crippen LogP contribution in [0.3, 0.4) is 0 Å². The van der Waals surface area contributed by atoms with E-state index in [0.717, 1.165) is 49.4 Å². The van der Waals surface area contributed by atoms with Gasteiger partial charge in [0, 0.05) is 45.0 Å². The molecule has 1 aromatic rings.